The average molecular weight is 296 g/mol. The highest BCUT2D eigenvalue weighted by Gasteiger charge is 2.32. The van der Waals surface area contributed by atoms with Gasteiger partial charge in [-0.25, -0.2) is 0 Å². The van der Waals surface area contributed by atoms with Gasteiger partial charge in [-0.05, 0) is 42.3 Å². The standard InChI is InChI=1S/C19H20O3/c1-4-5-13-6-9-17-15(10-13)12(2)19(22-17)14-7-8-16(20)18(11-14)21-3/h4-12,19-20H,1-3H3/b5-4+/t12-,19-/m1/s1. The fourth-order valence-electron chi connectivity index (χ4n) is 2.96. The summed E-state index contributed by atoms with van der Waals surface area (Å²) in [6, 6.07) is 11.6. The zero-order chi connectivity index (χ0) is 15.7. The number of aromatic hydroxyl groups is 1. The Hall–Kier alpha value is -2.42. The minimum atomic E-state index is -0.0645. The van der Waals surface area contributed by atoms with E-state index in [1.165, 1.54) is 11.1 Å². The zero-order valence-electron chi connectivity index (χ0n) is 13.0. The predicted octanol–water partition coefficient (Wildman–Crippen LogP) is 4.67. The Balaban J connectivity index is 1.95. The Labute approximate surface area is 130 Å². The summed E-state index contributed by atoms with van der Waals surface area (Å²) in [5.74, 6) is 1.79. The van der Waals surface area contributed by atoms with Crippen LogP contribution in [-0.2, 0) is 0 Å². The van der Waals surface area contributed by atoms with E-state index in [9.17, 15) is 5.11 Å². The molecule has 1 N–H and O–H groups in total. The first-order chi connectivity index (χ1) is 10.6. The molecule has 1 aliphatic rings. The number of ether oxygens (including phenoxy) is 2. The summed E-state index contributed by atoms with van der Waals surface area (Å²) in [6.07, 6.45) is 4.05. The van der Waals surface area contributed by atoms with Crippen molar-refractivity contribution in [1.82, 2.24) is 0 Å². The second-order valence-corrected chi connectivity index (χ2v) is 5.56. The molecule has 3 heteroatoms. The van der Waals surface area contributed by atoms with Gasteiger partial charge in [0.1, 0.15) is 11.9 Å². The number of rotatable bonds is 3. The molecule has 1 heterocycles. The zero-order valence-corrected chi connectivity index (χ0v) is 13.0. The number of methoxy groups -OCH3 is 1. The third-order valence-electron chi connectivity index (χ3n) is 4.12. The van der Waals surface area contributed by atoms with Crippen LogP contribution in [0, 0.1) is 0 Å². The fourth-order valence-corrected chi connectivity index (χ4v) is 2.96. The van der Waals surface area contributed by atoms with Crippen molar-refractivity contribution in [2.45, 2.75) is 25.9 Å². The van der Waals surface area contributed by atoms with Crippen LogP contribution in [0.4, 0.5) is 0 Å². The number of fused-ring (bicyclic) bond motifs is 1. The number of phenols is 1. The lowest BCUT2D eigenvalue weighted by Gasteiger charge is -2.17. The molecule has 0 bridgehead atoms. The summed E-state index contributed by atoms with van der Waals surface area (Å²) in [5.41, 5.74) is 3.40. The maximum atomic E-state index is 9.74. The Bertz CT molecular complexity index is 719. The summed E-state index contributed by atoms with van der Waals surface area (Å²) < 4.78 is 11.3. The lowest BCUT2D eigenvalue weighted by Crippen LogP contribution is -2.07. The van der Waals surface area contributed by atoms with E-state index in [-0.39, 0.29) is 17.8 Å². The molecule has 22 heavy (non-hydrogen) atoms. The van der Waals surface area contributed by atoms with E-state index in [0.29, 0.717) is 5.75 Å². The number of benzene rings is 2. The molecule has 0 radical (unpaired) electrons. The molecule has 114 valence electrons. The maximum absolute atomic E-state index is 9.74. The molecule has 2 aromatic rings. The highest BCUT2D eigenvalue weighted by molar-refractivity contribution is 5.56. The first-order valence-electron chi connectivity index (χ1n) is 7.44. The normalized spacial score (nSPS) is 20.0. The van der Waals surface area contributed by atoms with Crippen molar-refractivity contribution in [2.75, 3.05) is 7.11 Å². The van der Waals surface area contributed by atoms with E-state index in [4.69, 9.17) is 9.47 Å². The molecule has 0 amide bonds. The molecule has 3 nitrogen and oxygen atoms in total. The van der Waals surface area contributed by atoms with Crippen LogP contribution in [-0.4, -0.2) is 12.2 Å². The molecule has 0 aliphatic carbocycles. The Kier molecular flexibility index (Phi) is 3.80. The van der Waals surface area contributed by atoms with Gasteiger partial charge in [0.15, 0.2) is 11.5 Å². The van der Waals surface area contributed by atoms with E-state index >= 15 is 0 Å². The van der Waals surface area contributed by atoms with Gasteiger partial charge in [-0.15, -0.1) is 0 Å². The van der Waals surface area contributed by atoms with Crippen LogP contribution in [0.5, 0.6) is 17.2 Å². The largest absolute Gasteiger partial charge is 0.504 e. The lowest BCUT2D eigenvalue weighted by molar-refractivity contribution is 0.215. The van der Waals surface area contributed by atoms with Crippen molar-refractivity contribution in [2.24, 2.45) is 0 Å². The maximum Gasteiger partial charge on any atom is 0.160 e. The fraction of sp³-hybridized carbons (Fsp3) is 0.263. The molecule has 0 unspecified atom stereocenters. The highest BCUT2D eigenvalue weighted by Crippen LogP contribution is 2.47. The van der Waals surface area contributed by atoms with Gasteiger partial charge in [-0.2, -0.15) is 0 Å². The van der Waals surface area contributed by atoms with Crippen molar-refractivity contribution < 1.29 is 14.6 Å². The van der Waals surface area contributed by atoms with Crippen LogP contribution in [0.3, 0.4) is 0 Å². The summed E-state index contributed by atoms with van der Waals surface area (Å²) in [6.45, 7) is 4.17. The first kappa shape index (κ1) is 14.5. The van der Waals surface area contributed by atoms with E-state index < -0.39 is 0 Å². The second kappa shape index (κ2) is 5.76. The Morgan fingerprint density at radius 2 is 2.00 bits per heavy atom. The van der Waals surface area contributed by atoms with E-state index in [2.05, 4.69) is 25.1 Å². The van der Waals surface area contributed by atoms with E-state index in [1.54, 1.807) is 13.2 Å². The van der Waals surface area contributed by atoms with Crippen molar-refractivity contribution in [1.29, 1.82) is 0 Å². The Morgan fingerprint density at radius 3 is 2.73 bits per heavy atom. The van der Waals surface area contributed by atoms with Gasteiger partial charge in [0.05, 0.1) is 7.11 Å². The SMILES string of the molecule is C/C=C/c1ccc2c(c1)[C@@H](C)[C@H](c1ccc(O)c(OC)c1)O2. The first-order valence-corrected chi connectivity index (χ1v) is 7.44. The molecule has 1 aliphatic heterocycles. The number of hydrogen-bond acceptors (Lipinski definition) is 3. The molecule has 0 fully saturated rings. The average Bonchev–Trinajstić information content (AvgIpc) is 2.85. The quantitative estimate of drug-likeness (QED) is 0.894. The van der Waals surface area contributed by atoms with Gasteiger partial charge in [0.2, 0.25) is 0 Å². The van der Waals surface area contributed by atoms with Crippen molar-refractivity contribution in [3.05, 3.63) is 59.2 Å². The third-order valence-corrected chi connectivity index (χ3v) is 4.12. The Morgan fingerprint density at radius 1 is 1.18 bits per heavy atom. The molecule has 2 aromatic carbocycles. The molecule has 3 rings (SSSR count). The topological polar surface area (TPSA) is 38.7 Å². The summed E-state index contributed by atoms with van der Waals surface area (Å²) >= 11 is 0. The van der Waals surface area contributed by atoms with Crippen LogP contribution in [0.1, 0.15) is 42.6 Å². The van der Waals surface area contributed by atoms with Crippen LogP contribution in [0.15, 0.2) is 42.5 Å². The van der Waals surface area contributed by atoms with Gasteiger partial charge in [0, 0.05) is 11.5 Å². The molecule has 0 saturated carbocycles. The van der Waals surface area contributed by atoms with Gasteiger partial charge in [-0.3, -0.25) is 0 Å². The number of allylic oxidation sites excluding steroid dienone is 1. The van der Waals surface area contributed by atoms with Crippen LogP contribution < -0.4 is 9.47 Å². The smallest absolute Gasteiger partial charge is 0.160 e. The van der Waals surface area contributed by atoms with E-state index in [0.717, 1.165) is 11.3 Å². The van der Waals surface area contributed by atoms with Gasteiger partial charge in [-0.1, -0.05) is 31.2 Å². The third kappa shape index (κ3) is 2.43. The monoisotopic (exact) mass is 296 g/mol. The van der Waals surface area contributed by atoms with Gasteiger partial charge in [0.25, 0.3) is 0 Å². The van der Waals surface area contributed by atoms with Gasteiger partial charge >= 0.3 is 0 Å². The molecule has 0 aromatic heterocycles. The molecule has 0 saturated heterocycles. The highest BCUT2D eigenvalue weighted by atomic mass is 16.5. The molecular weight excluding hydrogens is 276 g/mol. The number of hydrogen-bond donors (Lipinski definition) is 1. The van der Waals surface area contributed by atoms with Crippen molar-refractivity contribution >= 4 is 6.08 Å². The van der Waals surface area contributed by atoms with Crippen molar-refractivity contribution in [3.63, 3.8) is 0 Å². The van der Waals surface area contributed by atoms with Crippen LogP contribution >= 0.6 is 0 Å². The van der Waals surface area contributed by atoms with Crippen LogP contribution in [0.25, 0.3) is 6.08 Å². The molecular formula is C19H20O3. The molecule has 2 atom stereocenters. The minimum Gasteiger partial charge on any atom is -0.504 e. The number of phenolic OH excluding ortho intramolecular Hbond substituents is 1. The predicted molar refractivity (Wildman–Crippen MR) is 87.6 cm³/mol. The van der Waals surface area contributed by atoms with Crippen LogP contribution in [0.2, 0.25) is 0 Å². The summed E-state index contributed by atoms with van der Waals surface area (Å²) in [4.78, 5) is 0. The summed E-state index contributed by atoms with van der Waals surface area (Å²) in [7, 11) is 1.55. The van der Waals surface area contributed by atoms with Crippen molar-refractivity contribution in [3.8, 4) is 17.2 Å². The lowest BCUT2D eigenvalue weighted by atomic mass is 9.92. The summed E-state index contributed by atoms with van der Waals surface area (Å²) in [5, 5.41) is 9.74. The molecule has 0 spiro atoms. The minimum absolute atomic E-state index is 0.0645. The second-order valence-electron chi connectivity index (χ2n) is 5.56. The van der Waals surface area contributed by atoms with Gasteiger partial charge < -0.3 is 14.6 Å². The van der Waals surface area contributed by atoms with E-state index in [1.807, 2.05) is 31.2 Å².